The Morgan fingerprint density at radius 3 is 2.79 bits per heavy atom. The van der Waals surface area contributed by atoms with E-state index in [0.717, 1.165) is 6.07 Å². The lowest BCUT2D eigenvalue weighted by molar-refractivity contribution is -0.114. The van der Waals surface area contributed by atoms with Gasteiger partial charge in [-0.25, -0.2) is 8.78 Å². The van der Waals surface area contributed by atoms with Gasteiger partial charge >= 0.3 is 0 Å². The zero-order valence-electron chi connectivity index (χ0n) is 6.84. The van der Waals surface area contributed by atoms with Crippen molar-refractivity contribution >= 4 is 22.4 Å². The molecule has 1 amide bonds. The summed E-state index contributed by atoms with van der Waals surface area (Å²) in [5.74, 6) is -2.48. The van der Waals surface area contributed by atoms with Gasteiger partial charge in [-0.15, -0.1) is 0 Å². The van der Waals surface area contributed by atoms with Crippen molar-refractivity contribution in [1.29, 1.82) is 0 Å². The Balaban J connectivity index is 2.64. The van der Waals surface area contributed by atoms with Gasteiger partial charge in [-0.3, -0.25) is 9.00 Å². The van der Waals surface area contributed by atoms with Crippen LogP contribution in [-0.2, 0) is 15.6 Å². The van der Waals surface area contributed by atoms with E-state index in [4.69, 9.17) is 0 Å². The van der Waals surface area contributed by atoms with Gasteiger partial charge in [0.15, 0.2) is 5.82 Å². The van der Waals surface area contributed by atoms with Crippen LogP contribution in [0.15, 0.2) is 17.0 Å². The van der Waals surface area contributed by atoms with Crippen LogP contribution in [0.2, 0.25) is 0 Å². The Morgan fingerprint density at radius 2 is 2.07 bits per heavy atom. The minimum atomic E-state index is -1.66. The first kappa shape index (κ1) is 9.26. The number of hydrogen-bond acceptors (Lipinski definition) is 2. The zero-order chi connectivity index (χ0) is 10.3. The number of nitrogens with one attached hydrogen (secondary N) is 1. The maximum atomic E-state index is 13.1. The summed E-state index contributed by atoms with van der Waals surface area (Å²) in [6, 6.07) is 1.61. The molecular formula is C8H5F2NO2S. The third-order valence-corrected chi connectivity index (χ3v) is 3.13. The Kier molecular flexibility index (Phi) is 2.07. The van der Waals surface area contributed by atoms with Crippen LogP contribution in [0.25, 0.3) is 0 Å². The Labute approximate surface area is 80.6 Å². The molecule has 74 valence electrons. The van der Waals surface area contributed by atoms with E-state index in [1.54, 1.807) is 0 Å². The molecule has 0 fully saturated rings. The maximum Gasteiger partial charge on any atom is 0.237 e. The minimum Gasteiger partial charge on any atom is -0.322 e. The molecule has 3 nitrogen and oxygen atoms in total. The van der Waals surface area contributed by atoms with Crippen LogP contribution >= 0.6 is 0 Å². The highest BCUT2D eigenvalue weighted by Gasteiger charge is 2.25. The van der Waals surface area contributed by atoms with Crippen LogP contribution in [-0.4, -0.2) is 15.9 Å². The molecule has 0 spiro atoms. The van der Waals surface area contributed by atoms with Crippen molar-refractivity contribution in [2.75, 3.05) is 11.1 Å². The number of halogens is 2. The van der Waals surface area contributed by atoms with Crippen LogP contribution in [0.1, 0.15) is 0 Å². The molecule has 1 N–H and O–H groups in total. The molecule has 0 aromatic heterocycles. The fraction of sp³-hybridized carbons (Fsp3) is 0.125. The summed E-state index contributed by atoms with van der Waals surface area (Å²) in [6.45, 7) is 0. The molecule has 6 heteroatoms. The number of rotatable bonds is 0. The standard InChI is InChI=1S/C8H5F2NO2S/c9-4-1-5(10)8-6(2-4)14(13)3-7(12)11-8/h1-2H,3H2,(H,11,12). The molecule has 0 radical (unpaired) electrons. The molecule has 0 aliphatic carbocycles. The lowest BCUT2D eigenvalue weighted by Crippen LogP contribution is -2.26. The minimum absolute atomic E-state index is 0.00194. The molecule has 2 rings (SSSR count). The molecule has 14 heavy (non-hydrogen) atoms. The monoisotopic (exact) mass is 217 g/mol. The summed E-state index contributed by atoms with van der Waals surface area (Å²) in [6.07, 6.45) is 0. The van der Waals surface area contributed by atoms with E-state index in [1.807, 2.05) is 0 Å². The van der Waals surface area contributed by atoms with Gasteiger partial charge in [-0.2, -0.15) is 0 Å². The smallest absolute Gasteiger partial charge is 0.237 e. The summed E-state index contributed by atoms with van der Waals surface area (Å²) < 4.78 is 37.1. The first-order chi connectivity index (χ1) is 6.58. The van der Waals surface area contributed by atoms with E-state index in [1.165, 1.54) is 0 Å². The molecule has 1 aliphatic heterocycles. The quantitative estimate of drug-likeness (QED) is 0.705. The number of carbonyl (C=O) groups is 1. The van der Waals surface area contributed by atoms with Crippen molar-refractivity contribution < 1.29 is 17.8 Å². The van der Waals surface area contributed by atoms with E-state index in [2.05, 4.69) is 5.32 Å². The van der Waals surface area contributed by atoms with Crippen LogP contribution in [0.4, 0.5) is 14.5 Å². The second kappa shape index (κ2) is 3.13. The largest absolute Gasteiger partial charge is 0.322 e. The van der Waals surface area contributed by atoms with Crippen molar-refractivity contribution in [3.63, 3.8) is 0 Å². The van der Waals surface area contributed by atoms with E-state index < -0.39 is 28.3 Å². The Morgan fingerprint density at radius 1 is 1.36 bits per heavy atom. The first-order valence-corrected chi connectivity index (χ1v) is 5.07. The summed E-state index contributed by atoms with van der Waals surface area (Å²) in [5.41, 5.74) is -0.180. The second-order valence-corrected chi connectivity index (χ2v) is 4.22. The number of amides is 1. The SMILES string of the molecule is O=C1CS(=O)c2cc(F)cc(F)c2N1. The first-order valence-electron chi connectivity index (χ1n) is 3.75. The average molecular weight is 217 g/mol. The molecule has 1 atom stereocenters. The molecule has 1 unspecified atom stereocenters. The zero-order valence-corrected chi connectivity index (χ0v) is 7.66. The van der Waals surface area contributed by atoms with Gasteiger partial charge in [0.1, 0.15) is 11.6 Å². The molecular weight excluding hydrogens is 212 g/mol. The molecule has 0 saturated heterocycles. The van der Waals surface area contributed by atoms with E-state index in [0.29, 0.717) is 6.07 Å². The van der Waals surface area contributed by atoms with Crippen molar-refractivity contribution in [3.05, 3.63) is 23.8 Å². The normalized spacial score (nSPS) is 20.1. The second-order valence-electron chi connectivity index (χ2n) is 2.80. The van der Waals surface area contributed by atoms with Gasteiger partial charge in [0, 0.05) is 6.07 Å². The van der Waals surface area contributed by atoms with Crippen LogP contribution < -0.4 is 5.32 Å². The van der Waals surface area contributed by atoms with Gasteiger partial charge in [-0.05, 0) is 6.07 Å². The fourth-order valence-electron chi connectivity index (χ4n) is 1.22. The van der Waals surface area contributed by atoms with Crippen molar-refractivity contribution in [2.24, 2.45) is 0 Å². The summed E-state index contributed by atoms with van der Waals surface area (Å²) in [5, 5.41) is 2.21. The lowest BCUT2D eigenvalue weighted by Gasteiger charge is -2.16. The number of benzene rings is 1. The molecule has 1 heterocycles. The predicted molar refractivity (Wildman–Crippen MR) is 46.3 cm³/mol. The Hall–Kier alpha value is -1.30. The lowest BCUT2D eigenvalue weighted by atomic mass is 10.3. The summed E-state index contributed by atoms with van der Waals surface area (Å²) in [4.78, 5) is 10.9. The third-order valence-electron chi connectivity index (χ3n) is 1.79. The van der Waals surface area contributed by atoms with Gasteiger partial charge in [0.25, 0.3) is 0 Å². The summed E-state index contributed by atoms with van der Waals surface area (Å²) >= 11 is 0. The highest BCUT2D eigenvalue weighted by molar-refractivity contribution is 7.86. The van der Waals surface area contributed by atoms with Crippen molar-refractivity contribution in [2.45, 2.75) is 4.90 Å². The van der Waals surface area contributed by atoms with Gasteiger partial charge < -0.3 is 5.32 Å². The summed E-state index contributed by atoms with van der Waals surface area (Å²) in [7, 11) is -1.66. The molecule has 0 saturated carbocycles. The molecule has 1 aliphatic rings. The fourth-order valence-corrected chi connectivity index (χ4v) is 2.31. The molecule has 1 aromatic rings. The van der Waals surface area contributed by atoms with Crippen LogP contribution in [0, 0.1) is 11.6 Å². The molecule has 0 bridgehead atoms. The van der Waals surface area contributed by atoms with E-state index >= 15 is 0 Å². The average Bonchev–Trinajstić information content (AvgIpc) is 2.07. The number of anilines is 1. The van der Waals surface area contributed by atoms with E-state index in [-0.39, 0.29) is 16.3 Å². The van der Waals surface area contributed by atoms with Crippen LogP contribution in [0.3, 0.4) is 0 Å². The van der Waals surface area contributed by atoms with Crippen molar-refractivity contribution in [3.8, 4) is 0 Å². The number of carbonyl (C=O) groups excluding carboxylic acids is 1. The highest BCUT2D eigenvalue weighted by Crippen LogP contribution is 2.27. The van der Waals surface area contributed by atoms with Gasteiger partial charge in [0.2, 0.25) is 5.91 Å². The highest BCUT2D eigenvalue weighted by atomic mass is 32.2. The number of hydrogen-bond donors (Lipinski definition) is 1. The Bertz CT molecular complexity index is 447. The third kappa shape index (κ3) is 1.41. The maximum absolute atomic E-state index is 13.1. The van der Waals surface area contributed by atoms with Crippen LogP contribution in [0.5, 0.6) is 0 Å². The topological polar surface area (TPSA) is 46.2 Å². The predicted octanol–water partition coefficient (Wildman–Crippen LogP) is 1.02. The molecule has 1 aromatic carbocycles. The van der Waals surface area contributed by atoms with Crippen molar-refractivity contribution in [1.82, 2.24) is 0 Å². The number of fused-ring (bicyclic) bond motifs is 1. The van der Waals surface area contributed by atoms with Gasteiger partial charge in [0.05, 0.1) is 21.4 Å². The van der Waals surface area contributed by atoms with E-state index in [9.17, 15) is 17.8 Å². The van der Waals surface area contributed by atoms with Gasteiger partial charge in [-0.1, -0.05) is 0 Å².